The number of aliphatic imine (C=N–C) groups is 1. The number of thioether (sulfide) groups is 2. The summed E-state index contributed by atoms with van der Waals surface area (Å²) in [6.45, 7) is 10.6. The van der Waals surface area contributed by atoms with E-state index in [1.165, 1.54) is 12.0 Å². The molecule has 5 heteroatoms. The Labute approximate surface area is 185 Å². The summed E-state index contributed by atoms with van der Waals surface area (Å²) in [5.74, 6) is 0.627. The minimum absolute atomic E-state index is 0.0623. The van der Waals surface area contributed by atoms with Crippen LogP contribution in [-0.2, 0) is 14.9 Å². The fourth-order valence-electron chi connectivity index (χ4n) is 4.27. The van der Waals surface area contributed by atoms with Crippen molar-refractivity contribution in [3.8, 4) is 0 Å². The molecule has 2 rings (SSSR count). The van der Waals surface area contributed by atoms with Crippen molar-refractivity contribution in [2.24, 2.45) is 16.8 Å². The Hall–Kier alpha value is -1.20. The molecule has 0 N–H and O–H groups in total. The standard InChI is InChI=1S/C24H35NO2S2/c1-7-11-20(25-23(28-5)29-6)22(26)27-21-16-17(2)14-15-19(21)24(3,4)18-12-9-8-10-13-18/h7-10,12-13,17,19-21H,1,11,14-16H2,2-6H3. The van der Waals surface area contributed by atoms with Gasteiger partial charge in [0, 0.05) is 5.92 Å². The van der Waals surface area contributed by atoms with Gasteiger partial charge < -0.3 is 4.74 Å². The summed E-state index contributed by atoms with van der Waals surface area (Å²) in [4.78, 5) is 17.7. The van der Waals surface area contributed by atoms with Gasteiger partial charge in [-0.1, -0.05) is 63.6 Å². The molecule has 1 fully saturated rings. The summed E-state index contributed by atoms with van der Waals surface area (Å²) in [7, 11) is 0. The summed E-state index contributed by atoms with van der Waals surface area (Å²) in [5, 5.41) is 0. The number of ether oxygens (including phenoxy) is 1. The first-order valence-corrected chi connectivity index (χ1v) is 12.8. The monoisotopic (exact) mass is 433 g/mol. The van der Waals surface area contributed by atoms with Crippen LogP contribution in [-0.4, -0.2) is 35.0 Å². The number of carbonyl (C=O) groups excluding carboxylic acids is 1. The number of benzene rings is 1. The Bertz CT molecular complexity index is 696. The smallest absolute Gasteiger partial charge is 0.331 e. The van der Waals surface area contributed by atoms with Gasteiger partial charge in [-0.05, 0) is 48.7 Å². The van der Waals surface area contributed by atoms with Crippen LogP contribution in [0.2, 0.25) is 0 Å². The minimum atomic E-state index is -0.514. The highest BCUT2D eigenvalue weighted by Crippen LogP contribution is 2.43. The lowest BCUT2D eigenvalue weighted by Crippen LogP contribution is -2.44. The zero-order valence-electron chi connectivity index (χ0n) is 18.4. The molecule has 1 aromatic rings. The molecule has 4 atom stereocenters. The first-order chi connectivity index (χ1) is 13.8. The van der Waals surface area contributed by atoms with Crippen LogP contribution in [0.25, 0.3) is 0 Å². The minimum Gasteiger partial charge on any atom is -0.460 e. The average Bonchev–Trinajstić information content (AvgIpc) is 2.71. The maximum absolute atomic E-state index is 13.1. The van der Waals surface area contributed by atoms with Gasteiger partial charge in [-0.15, -0.1) is 30.1 Å². The van der Waals surface area contributed by atoms with Gasteiger partial charge in [0.1, 0.15) is 10.5 Å². The highest BCUT2D eigenvalue weighted by molar-refractivity contribution is 8.38. The van der Waals surface area contributed by atoms with E-state index in [1.54, 1.807) is 29.6 Å². The Morgan fingerprint density at radius 1 is 1.28 bits per heavy atom. The van der Waals surface area contributed by atoms with E-state index in [9.17, 15) is 4.79 Å². The van der Waals surface area contributed by atoms with Gasteiger partial charge >= 0.3 is 5.97 Å². The Kier molecular flexibility index (Phi) is 9.35. The highest BCUT2D eigenvalue weighted by atomic mass is 32.2. The lowest BCUT2D eigenvalue weighted by atomic mass is 9.64. The number of nitrogens with zero attached hydrogens (tertiary/aromatic N) is 1. The molecular formula is C24H35NO2S2. The molecule has 1 saturated carbocycles. The first-order valence-electron chi connectivity index (χ1n) is 10.4. The maximum Gasteiger partial charge on any atom is 0.331 e. The maximum atomic E-state index is 13.1. The zero-order chi connectivity index (χ0) is 21.4. The van der Waals surface area contributed by atoms with Gasteiger partial charge in [-0.2, -0.15) is 0 Å². The van der Waals surface area contributed by atoms with Crippen molar-refractivity contribution in [3.05, 3.63) is 48.6 Å². The summed E-state index contributed by atoms with van der Waals surface area (Å²) in [5.41, 5.74) is 1.24. The molecule has 0 radical (unpaired) electrons. The van der Waals surface area contributed by atoms with E-state index in [-0.39, 0.29) is 17.5 Å². The van der Waals surface area contributed by atoms with Crippen LogP contribution in [0.5, 0.6) is 0 Å². The predicted octanol–water partition coefficient (Wildman–Crippen LogP) is 6.34. The fraction of sp³-hybridized carbons (Fsp3) is 0.583. The number of rotatable bonds is 7. The molecule has 1 aliphatic carbocycles. The summed E-state index contributed by atoms with van der Waals surface area (Å²) in [6.07, 6.45) is 9.27. The molecule has 0 heterocycles. The molecular weight excluding hydrogens is 398 g/mol. The van der Waals surface area contributed by atoms with Crippen LogP contribution in [0.15, 0.2) is 48.0 Å². The second-order valence-corrected chi connectivity index (χ2v) is 10.3. The summed E-state index contributed by atoms with van der Waals surface area (Å²) < 4.78 is 7.07. The number of hydrogen-bond donors (Lipinski definition) is 0. The third-order valence-corrected chi connectivity index (χ3v) is 7.95. The van der Waals surface area contributed by atoms with Crippen molar-refractivity contribution in [2.75, 3.05) is 12.5 Å². The van der Waals surface area contributed by atoms with E-state index in [0.29, 0.717) is 18.3 Å². The average molecular weight is 434 g/mol. The van der Waals surface area contributed by atoms with Crippen LogP contribution in [0.1, 0.15) is 52.0 Å². The molecule has 0 aliphatic heterocycles. The highest BCUT2D eigenvalue weighted by Gasteiger charge is 2.42. The largest absolute Gasteiger partial charge is 0.460 e. The van der Waals surface area contributed by atoms with E-state index < -0.39 is 6.04 Å². The van der Waals surface area contributed by atoms with Crippen molar-refractivity contribution in [3.63, 3.8) is 0 Å². The molecule has 1 aromatic carbocycles. The van der Waals surface area contributed by atoms with Crippen LogP contribution >= 0.6 is 23.5 Å². The zero-order valence-corrected chi connectivity index (χ0v) is 20.0. The lowest BCUT2D eigenvalue weighted by molar-refractivity contribution is -0.158. The second-order valence-electron chi connectivity index (χ2n) is 8.43. The molecule has 1 aliphatic rings. The SMILES string of the molecule is C=CCC(N=C(SC)SC)C(=O)OC1CC(C)CCC1C(C)(C)c1ccccc1. The predicted molar refractivity (Wildman–Crippen MR) is 129 cm³/mol. The Morgan fingerprint density at radius 2 is 1.93 bits per heavy atom. The van der Waals surface area contributed by atoms with E-state index in [2.05, 4.69) is 56.6 Å². The molecule has 0 aromatic heterocycles. The molecule has 0 saturated heterocycles. The third kappa shape index (κ3) is 6.39. The van der Waals surface area contributed by atoms with Gasteiger partial charge in [0.25, 0.3) is 0 Å². The number of hydrogen-bond acceptors (Lipinski definition) is 5. The number of esters is 1. The molecule has 160 valence electrons. The third-order valence-electron chi connectivity index (χ3n) is 6.04. The lowest BCUT2D eigenvalue weighted by Gasteiger charge is -2.44. The van der Waals surface area contributed by atoms with Crippen molar-refractivity contribution < 1.29 is 9.53 Å². The topological polar surface area (TPSA) is 38.7 Å². The van der Waals surface area contributed by atoms with Crippen molar-refractivity contribution in [1.29, 1.82) is 0 Å². The van der Waals surface area contributed by atoms with Gasteiger partial charge in [0.05, 0.1) is 0 Å². The first kappa shape index (κ1) is 24.1. The van der Waals surface area contributed by atoms with Crippen LogP contribution in [0.3, 0.4) is 0 Å². The van der Waals surface area contributed by atoms with Crippen molar-refractivity contribution >= 4 is 33.9 Å². The van der Waals surface area contributed by atoms with Crippen LogP contribution in [0, 0.1) is 11.8 Å². The quantitative estimate of drug-likeness (QED) is 0.218. The molecule has 29 heavy (non-hydrogen) atoms. The van der Waals surface area contributed by atoms with Gasteiger partial charge in [0.15, 0.2) is 6.04 Å². The normalized spacial score (nSPS) is 23.1. The number of carbonyl (C=O) groups is 1. The van der Waals surface area contributed by atoms with Crippen LogP contribution in [0.4, 0.5) is 0 Å². The van der Waals surface area contributed by atoms with E-state index in [0.717, 1.165) is 17.2 Å². The fourth-order valence-corrected chi connectivity index (χ4v) is 5.40. The van der Waals surface area contributed by atoms with Crippen molar-refractivity contribution in [2.45, 2.75) is 64.0 Å². The van der Waals surface area contributed by atoms with Crippen LogP contribution < -0.4 is 0 Å². The van der Waals surface area contributed by atoms with Gasteiger partial charge in [0.2, 0.25) is 0 Å². The Morgan fingerprint density at radius 3 is 2.52 bits per heavy atom. The van der Waals surface area contributed by atoms with Crippen molar-refractivity contribution in [1.82, 2.24) is 0 Å². The molecule has 4 unspecified atom stereocenters. The Balaban J connectivity index is 2.24. The summed E-state index contributed by atoms with van der Waals surface area (Å²) in [6, 6.07) is 10.1. The van der Waals surface area contributed by atoms with E-state index >= 15 is 0 Å². The molecule has 0 spiro atoms. The molecule has 0 amide bonds. The molecule has 0 bridgehead atoms. The summed E-state index contributed by atoms with van der Waals surface area (Å²) >= 11 is 3.12. The van der Waals surface area contributed by atoms with E-state index in [4.69, 9.17) is 4.74 Å². The second kappa shape index (κ2) is 11.3. The van der Waals surface area contributed by atoms with E-state index in [1.807, 2.05) is 18.6 Å². The van der Waals surface area contributed by atoms with Gasteiger partial charge in [-0.3, -0.25) is 4.99 Å². The molecule has 3 nitrogen and oxygen atoms in total. The van der Waals surface area contributed by atoms with Gasteiger partial charge in [-0.25, -0.2) is 4.79 Å².